The molecule has 1 aliphatic rings. The van der Waals surface area contributed by atoms with Crippen LogP contribution in [0.5, 0.6) is 0 Å². The van der Waals surface area contributed by atoms with Crippen molar-refractivity contribution in [3.63, 3.8) is 0 Å². The van der Waals surface area contributed by atoms with Gasteiger partial charge in [-0.25, -0.2) is 19.2 Å². The van der Waals surface area contributed by atoms with Crippen molar-refractivity contribution in [2.45, 2.75) is 12.8 Å². The van der Waals surface area contributed by atoms with Gasteiger partial charge in [0.05, 0.1) is 22.3 Å². The number of carboxylic acid groups (broad SMARTS) is 4. The van der Waals surface area contributed by atoms with E-state index in [0.29, 0.717) is 5.56 Å². The molecule has 0 aromatic heterocycles. The molecular weight excluding hydrogens is 320 g/mol. The van der Waals surface area contributed by atoms with Crippen LogP contribution in [0, 0.1) is 0 Å². The molecule has 122 valence electrons. The fourth-order valence-corrected chi connectivity index (χ4v) is 3.36. The topological polar surface area (TPSA) is 149 Å². The SMILES string of the molecule is O=C(O)c1ccc2c3c(C(=O)O)c(c(C(=O)O)c2c1C(=O)O)CC3. The summed E-state index contributed by atoms with van der Waals surface area (Å²) in [6.45, 7) is 0. The monoisotopic (exact) mass is 330 g/mol. The molecule has 0 aliphatic heterocycles. The molecule has 0 saturated heterocycles. The zero-order chi connectivity index (χ0) is 17.8. The summed E-state index contributed by atoms with van der Waals surface area (Å²) < 4.78 is 0. The highest BCUT2D eigenvalue weighted by Crippen LogP contribution is 2.39. The van der Waals surface area contributed by atoms with E-state index in [0.717, 1.165) is 6.07 Å². The first kappa shape index (κ1) is 15.5. The Morgan fingerprint density at radius 1 is 0.667 bits per heavy atom. The van der Waals surface area contributed by atoms with E-state index in [1.807, 2.05) is 0 Å². The summed E-state index contributed by atoms with van der Waals surface area (Å²) in [7, 11) is 0. The largest absolute Gasteiger partial charge is 0.478 e. The second-order valence-electron chi connectivity index (χ2n) is 5.34. The van der Waals surface area contributed by atoms with Crippen molar-refractivity contribution in [2.75, 3.05) is 0 Å². The zero-order valence-corrected chi connectivity index (χ0v) is 12.0. The fraction of sp³-hybridized carbons (Fsp3) is 0.125. The molecule has 0 saturated carbocycles. The third-order valence-electron chi connectivity index (χ3n) is 4.18. The highest BCUT2D eigenvalue weighted by molar-refractivity contribution is 6.20. The lowest BCUT2D eigenvalue weighted by molar-refractivity contribution is 0.0652. The van der Waals surface area contributed by atoms with Gasteiger partial charge in [0, 0.05) is 5.39 Å². The molecule has 4 N–H and O–H groups in total. The van der Waals surface area contributed by atoms with Crippen LogP contribution in [0.25, 0.3) is 10.8 Å². The summed E-state index contributed by atoms with van der Waals surface area (Å²) in [5.41, 5.74) is -1.42. The molecule has 0 fully saturated rings. The maximum absolute atomic E-state index is 11.7. The summed E-state index contributed by atoms with van der Waals surface area (Å²) in [6.07, 6.45) is 0.404. The Kier molecular flexibility index (Phi) is 3.26. The van der Waals surface area contributed by atoms with Crippen molar-refractivity contribution in [3.8, 4) is 0 Å². The minimum atomic E-state index is -1.58. The lowest BCUT2D eigenvalue weighted by atomic mass is 9.89. The molecule has 2 aromatic carbocycles. The van der Waals surface area contributed by atoms with Gasteiger partial charge in [-0.1, -0.05) is 6.07 Å². The first-order chi connectivity index (χ1) is 11.3. The van der Waals surface area contributed by atoms with Gasteiger partial charge >= 0.3 is 23.9 Å². The number of hydrogen-bond donors (Lipinski definition) is 4. The summed E-state index contributed by atoms with van der Waals surface area (Å²) in [5, 5.41) is 37.4. The summed E-state index contributed by atoms with van der Waals surface area (Å²) in [6, 6.07) is 2.33. The van der Waals surface area contributed by atoms with Crippen molar-refractivity contribution in [2.24, 2.45) is 0 Å². The molecule has 0 radical (unpaired) electrons. The van der Waals surface area contributed by atoms with Gasteiger partial charge in [-0.15, -0.1) is 0 Å². The van der Waals surface area contributed by atoms with Gasteiger partial charge < -0.3 is 20.4 Å². The van der Waals surface area contributed by atoms with Gasteiger partial charge in [0.25, 0.3) is 0 Å². The van der Waals surface area contributed by atoms with E-state index in [9.17, 15) is 39.6 Å². The van der Waals surface area contributed by atoms with E-state index in [1.165, 1.54) is 6.07 Å². The number of fused-ring (bicyclic) bond motifs is 4. The van der Waals surface area contributed by atoms with E-state index in [1.54, 1.807) is 0 Å². The second kappa shape index (κ2) is 5.05. The molecule has 8 heteroatoms. The number of aromatic carboxylic acids is 4. The van der Waals surface area contributed by atoms with Crippen molar-refractivity contribution in [3.05, 3.63) is 45.5 Å². The molecule has 2 bridgehead atoms. The van der Waals surface area contributed by atoms with Gasteiger partial charge in [-0.05, 0) is 35.4 Å². The Bertz CT molecular complexity index is 970. The molecule has 0 unspecified atom stereocenters. The van der Waals surface area contributed by atoms with Crippen LogP contribution in [0.15, 0.2) is 12.1 Å². The van der Waals surface area contributed by atoms with E-state index in [2.05, 4.69) is 0 Å². The van der Waals surface area contributed by atoms with Crippen LogP contribution in [0.2, 0.25) is 0 Å². The summed E-state index contributed by atoms with van der Waals surface area (Å²) in [4.78, 5) is 46.1. The quantitative estimate of drug-likeness (QED) is 0.662. The lowest BCUT2D eigenvalue weighted by Gasteiger charge is -2.14. The van der Waals surface area contributed by atoms with E-state index < -0.39 is 40.6 Å². The van der Waals surface area contributed by atoms with E-state index in [4.69, 9.17) is 0 Å². The number of carboxylic acids is 4. The Labute approximate surface area is 133 Å². The average molecular weight is 330 g/mol. The van der Waals surface area contributed by atoms with E-state index >= 15 is 0 Å². The van der Waals surface area contributed by atoms with Crippen LogP contribution >= 0.6 is 0 Å². The number of rotatable bonds is 4. The van der Waals surface area contributed by atoms with Crippen molar-refractivity contribution in [1.29, 1.82) is 0 Å². The highest BCUT2D eigenvalue weighted by Gasteiger charge is 2.34. The Morgan fingerprint density at radius 3 is 1.71 bits per heavy atom. The minimum absolute atomic E-state index is 0.0301. The summed E-state index contributed by atoms with van der Waals surface area (Å²) in [5.74, 6) is -5.87. The van der Waals surface area contributed by atoms with Crippen molar-refractivity contribution in [1.82, 2.24) is 0 Å². The fourth-order valence-electron chi connectivity index (χ4n) is 3.36. The zero-order valence-electron chi connectivity index (χ0n) is 12.0. The predicted molar refractivity (Wildman–Crippen MR) is 79.2 cm³/mol. The maximum Gasteiger partial charge on any atom is 0.337 e. The summed E-state index contributed by atoms with van der Waals surface area (Å²) >= 11 is 0. The molecule has 1 aliphatic carbocycles. The van der Waals surface area contributed by atoms with Gasteiger partial charge in [-0.3, -0.25) is 0 Å². The molecule has 24 heavy (non-hydrogen) atoms. The molecule has 0 heterocycles. The normalized spacial score (nSPS) is 12.3. The van der Waals surface area contributed by atoms with Crippen LogP contribution in [0.4, 0.5) is 0 Å². The number of aryl methyl sites for hydroxylation is 1. The van der Waals surface area contributed by atoms with E-state index in [-0.39, 0.29) is 34.7 Å². The standard InChI is InChI=1S/C16H10O8/c17-13(18)8-4-2-6-5-1-3-7(9(5)14(19)20)11(15(21)22)10(6)12(8)16(23)24/h2,4H,1,3H2,(H,17,18)(H,19,20)(H,21,22)(H,23,24). The van der Waals surface area contributed by atoms with Crippen LogP contribution in [0.1, 0.15) is 52.6 Å². The van der Waals surface area contributed by atoms with Crippen LogP contribution in [0.3, 0.4) is 0 Å². The highest BCUT2D eigenvalue weighted by atomic mass is 16.4. The Hall–Kier alpha value is -3.42. The van der Waals surface area contributed by atoms with Gasteiger partial charge in [0.2, 0.25) is 0 Å². The number of carbonyl (C=O) groups is 4. The molecular formula is C16H10O8. The maximum atomic E-state index is 11.7. The molecule has 8 nitrogen and oxygen atoms in total. The smallest absolute Gasteiger partial charge is 0.337 e. The Balaban J connectivity index is 2.64. The van der Waals surface area contributed by atoms with Gasteiger partial charge in [0.1, 0.15) is 0 Å². The van der Waals surface area contributed by atoms with Crippen LogP contribution in [-0.2, 0) is 12.8 Å². The molecule has 0 spiro atoms. The number of benzene rings is 2. The van der Waals surface area contributed by atoms with Crippen LogP contribution < -0.4 is 0 Å². The second-order valence-corrected chi connectivity index (χ2v) is 5.34. The van der Waals surface area contributed by atoms with Gasteiger partial charge in [-0.2, -0.15) is 0 Å². The first-order valence-corrected chi connectivity index (χ1v) is 6.83. The molecule has 2 aromatic rings. The van der Waals surface area contributed by atoms with Crippen molar-refractivity contribution < 1.29 is 39.6 Å². The third-order valence-corrected chi connectivity index (χ3v) is 4.18. The predicted octanol–water partition coefficient (Wildman–Crippen LogP) is 1.73. The van der Waals surface area contributed by atoms with Crippen LogP contribution in [-0.4, -0.2) is 44.3 Å². The number of hydrogen-bond acceptors (Lipinski definition) is 4. The average Bonchev–Trinajstić information content (AvgIpc) is 2.83. The minimum Gasteiger partial charge on any atom is -0.478 e. The third kappa shape index (κ3) is 1.93. The Morgan fingerprint density at radius 2 is 1.21 bits per heavy atom. The molecule has 0 amide bonds. The molecule has 0 atom stereocenters. The van der Waals surface area contributed by atoms with Crippen molar-refractivity contribution >= 4 is 34.6 Å². The molecule has 3 rings (SSSR count). The van der Waals surface area contributed by atoms with Gasteiger partial charge in [0.15, 0.2) is 0 Å². The lowest BCUT2D eigenvalue weighted by Crippen LogP contribution is -2.14. The first-order valence-electron chi connectivity index (χ1n) is 6.83.